The van der Waals surface area contributed by atoms with Gasteiger partial charge in [-0.1, -0.05) is 24.2 Å². The van der Waals surface area contributed by atoms with Crippen molar-refractivity contribution in [2.45, 2.75) is 25.8 Å². The third-order valence-corrected chi connectivity index (χ3v) is 7.57. The first kappa shape index (κ1) is 19.4. The summed E-state index contributed by atoms with van der Waals surface area (Å²) in [4.78, 5) is 25.8. The van der Waals surface area contributed by atoms with Gasteiger partial charge in [-0.3, -0.25) is 14.0 Å². The Labute approximate surface area is 193 Å². The van der Waals surface area contributed by atoms with E-state index in [-0.39, 0.29) is 23.4 Å². The average molecular weight is 454 g/mol. The summed E-state index contributed by atoms with van der Waals surface area (Å²) in [5.74, 6) is 1.79. The highest BCUT2D eigenvalue weighted by atomic mass is 16.5. The van der Waals surface area contributed by atoms with Crippen LogP contribution in [0.3, 0.4) is 0 Å². The van der Waals surface area contributed by atoms with Crippen molar-refractivity contribution in [3.63, 3.8) is 0 Å². The van der Waals surface area contributed by atoms with Crippen LogP contribution in [0.5, 0.6) is 0 Å². The molecule has 10 heteroatoms. The third kappa shape index (κ3) is 2.62. The van der Waals surface area contributed by atoms with Crippen molar-refractivity contribution in [2.75, 3.05) is 0 Å². The molecule has 0 N–H and O–H groups in total. The summed E-state index contributed by atoms with van der Waals surface area (Å²) >= 11 is 0. The summed E-state index contributed by atoms with van der Waals surface area (Å²) in [7, 11) is 3.73. The Morgan fingerprint density at radius 1 is 1.21 bits per heavy atom. The minimum atomic E-state index is -0.182. The molecule has 2 aliphatic rings. The van der Waals surface area contributed by atoms with Gasteiger partial charge in [0.05, 0.1) is 18.0 Å². The molecule has 0 saturated heterocycles. The molecule has 0 aliphatic heterocycles. The van der Waals surface area contributed by atoms with Crippen molar-refractivity contribution in [3.8, 4) is 0 Å². The summed E-state index contributed by atoms with van der Waals surface area (Å²) in [5, 5.41) is 9.76. The number of allylic oxidation sites excluding steroid dienone is 2. The van der Waals surface area contributed by atoms with Crippen LogP contribution in [0.2, 0.25) is 0 Å². The van der Waals surface area contributed by atoms with Crippen LogP contribution in [0.15, 0.2) is 52.4 Å². The molecule has 1 saturated carbocycles. The highest BCUT2D eigenvalue weighted by Gasteiger charge is 2.65. The summed E-state index contributed by atoms with van der Waals surface area (Å²) in [6.45, 7) is 2.44. The first-order valence-electron chi connectivity index (χ1n) is 11.3. The standard InChI is InChI=1S/C24H22N8O2/c1-24-8-14(13-4-5-17-15(6-13)9-27-31(17)3)7-16(24)19(24)21-28-18(34-29-21)10-32-12-26-22-20(23(32)33)30(2)11-25-22/h4-6,8-9,11-12,16,19H,7,10H2,1-3H3/t16-,19+,24?/m0/s1. The van der Waals surface area contributed by atoms with Crippen LogP contribution < -0.4 is 5.56 Å². The zero-order valence-corrected chi connectivity index (χ0v) is 19.0. The Morgan fingerprint density at radius 2 is 2.06 bits per heavy atom. The van der Waals surface area contributed by atoms with E-state index in [2.05, 4.69) is 56.4 Å². The molecular weight excluding hydrogens is 432 g/mol. The molecule has 5 aromatic rings. The molecule has 7 rings (SSSR count). The maximum Gasteiger partial charge on any atom is 0.280 e. The Bertz CT molecular complexity index is 1700. The van der Waals surface area contributed by atoms with Crippen LogP contribution >= 0.6 is 0 Å². The highest BCUT2D eigenvalue weighted by molar-refractivity contribution is 5.84. The minimum absolute atomic E-state index is 0.0202. The lowest BCUT2D eigenvalue weighted by Gasteiger charge is -2.08. The van der Waals surface area contributed by atoms with Crippen molar-refractivity contribution >= 4 is 27.6 Å². The van der Waals surface area contributed by atoms with Crippen molar-refractivity contribution < 1.29 is 4.52 Å². The molecule has 1 fully saturated rings. The first-order chi connectivity index (χ1) is 16.4. The van der Waals surface area contributed by atoms with E-state index in [0.717, 1.165) is 17.3 Å². The summed E-state index contributed by atoms with van der Waals surface area (Å²) < 4.78 is 10.6. The zero-order valence-electron chi connectivity index (χ0n) is 19.0. The minimum Gasteiger partial charge on any atom is -0.337 e. The second kappa shape index (κ2) is 6.49. The highest BCUT2D eigenvalue weighted by Crippen LogP contribution is 2.72. The van der Waals surface area contributed by atoms with Crippen LogP contribution in [0.25, 0.3) is 27.6 Å². The van der Waals surface area contributed by atoms with Gasteiger partial charge in [0.2, 0.25) is 5.89 Å². The van der Waals surface area contributed by atoms with Gasteiger partial charge in [-0.05, 0) is 35.6 Å². The zero-order chi connectivity index (χ0) is 23.2. The van der Waals surface area contributed by atoms with E-state index in [4.69, 9.17) is 4.52 Å². The predicted octanol–water partition coefficient (Wildman–Crippen LogP) is 2.66. The van der Waals surface area contributed by atoms with E-state index in [1.807, 2.05) is 17.9 Å². The number of nitrogens with zero attached hydrogens (tertiary/aromatic N) is 8. The van der Waals surface area contributed by atoms with Gasteiger partial charge in [-0.2, -0.15) is 10.1 Å². The lowest BCUT2D eigenvalue weighted by atomic mass is 9.98. The number of aryl methyl sites for hydroxylation is 2. The fourth-order valence-corrected chi connectivity index (χ4v) is 5.64. The van der Waals surface area contributed by atoms with Crippen LogP contribution in [-0.2, 0) is 20.6 Å². The van der Waals surface area contributed by atoms with Gasteiger partial charge in [0.15, 0.2) is 17.0 Å². The van der Waals surface area contributed by atoms with Gasteiger partial charge in [-0.25, -0.2) is 9.97 Å². The second-order valence-electron chi connectivity index (χ2n) is 9.62. The van der Waals surface area contributed by atoms with Crippen LogP contribution in [0.1, 0.15) is 36.5 Å². The number of hydrogen-bond acceptors (Lipinski definition) is 7. The molecule has 1 aromatic carbocycles. The predicted molar refractivity (Wildman–Crippen MR) is 124 cm³/mol. The molecule has 170 valence electrons. The van der Waals surface area contributed by atoms with Crippen LogP contribution in [0.4, 0.5) is 0 Å². The Morgan fingerprint density at radius 3 is 2.88 bits per heavy atom. The van der Waals surface area contributed by atoms with E-state index in [0.29, 0.717) is 28.8 Å². The maximum atomic E-state index is 12.8. The van der Waals surface area contributed by atoms with Crippen LogP contribution in [0, 0.1) is 11.3 Å². The molecule has 10 nitrogen and oxygen atoms in total. The molecule has 2 aliphatic carbocycles. The summed E-state index contributed by atoms with van der Waals surface area (Å²) in [6, 6.07) is 6.53. The lowest BCUT2D eigenvalue weighted by molar-refractivity contribution is 0.363. The molecule has 3 atom stereocenters. The summed E-state index contributed by atoms with van der Waals surface area (Å²) in [5.41, 5.74) is 4.46. The van der Waals surface area contributed by atoms with Crippen molar-refractivity contribution in [2.24, 2.45) is 25.4 Å². The van der Waals surface area contributed by atoms with Gasteiger partial charge < -0.3 is 9.09 Å². The van der Waals surface area contributed by atoms with Gasteiger partial charge in [-0.15, -0.1) is 0 Å². The quantitative estimate of drug-likeness (QED) is 0.411. The third-order valence-electron chi connectivity index (χ3n) is 7.57. The molecule has 34 heavy (non-hydrogen) atoms. The molecular formula is C24H22N8O2. The van der Waals surface area contributed by atoms with E-state index in [9.17, 15) is 4.79 Å². The number of imidazole rings is 1. The lowest BCUT2D eigenvalue weighted by Crippen LogP contribution is -2.22. The van der Waals surface area contributed by atoms with E-state index in [1.165, 1.54) is 22.0 Å². The van der Waals surface area contributed by atoms with Gasteiger partial charge in [0.25, 0.3) is 5.56 Å². The second-order valence-corrected chi connectivity index (χ2v) is 9.62. The number of rotatable bonds is 4. The number of benzene rings is 1. The van der Waals surface area contributed by atoms with Crippen LogP contribution in [-0.4, -0.2) is 39.0 Å². The largest absolute Gasteiger partial charge is 0.337 e. The summed E-state index contributed by atoms with van der Waals surface area (Å²) in [6.07, 6.45) is 8.32. The topological polar surface area (TPSA) is 109 Å². The molecule has 1 unspecified atom stereocenters. The Kier molecular flexibility index (Phi) is 3.70. The molecule has 0 bridgehead atoms. The average Bonchev–Trinajstić information content (AvgIpc) is 3.40. The molecule has 4 heterocycles. The van der Waals surface area contributed by atoms with E-state index in [1.54, 1.807) is 17.9 Å². The molecule has 0 spiro atoms. The van der Waals surface area contributed by atoms with Crippen molar-refractivity contribution in [1.82, 2.24) is 39.0 Å². The monoisotopic (exact) mass is 454 g/mol. The normalized spacial score (nSPS) is 23.6. The maximum absolute atomic E-state index is 12.8. The number of hydrogen-bond donors (Lipinski definition) is 0. The smallest absolute Gasteiger partial charge is 0.280 e. The van der Waals surface area contributed by atoms with Gasteiger partial charge in [0, 0.05) is 30.8 Å². The Hall–Kier alpha value is -4.08. The van der Waals surface area contributed by atoms with Crippen molar-refractivity contribution in [1.29, 1.82) is 0 Å². The fraction of sp³-hybridized carbons (Fsp3) is 0.333. The molecule has 0 radical (unpaired) electrons. The van der Waals surface area contributed by atoms with Crippen molar-refractivity contribution in [3.05, 3.63) is 70.8 Å². The number of fused-ring (bicyclic) bond motifs is 3. The molecule has 0 amide bonds. The first-order valence-corrected chi connectivity index (χ1v) is 11.3. The van der Waals surface area contributed by atoms with Gasteiger partial charge >= 0.3 is 0 Å². The fourth-order valence-electron chi connectivity index (χ4n) is 5.64. The van der Waals surface area contributed by atoms with E-state index >= 15 is 0 Å². The SMILES string of the molecule is Cn1cnc2ncn(Cc3nc([C@H]4[C@@H]5CC(c6ccc7c(cnn7C)c6)=CC54C)no3)c(=O)c21. The number of aromatic nitrogens is 8. The van der Waals surface area contributed by atoms with E-state index < -0.39 is 0 Å². The molecule has 4 aromatic heterocycles. The van der Waals surface area contributed by atoms with Gasteiger partial charge in [0.1, 0.15) is 12.9 Å². The Balaban J connectivity index is 1.13.